The lowest BCUT2D eigenvalue weighted by Crippen LogP contribution is -2.40. The van der Waals surface area contributed by atoms with Gasteiger partial charge in [0.15, 0.2) is 0 Å². The van der Waals surface area contributed by atoms with Crippen molar-refractivity contribution < 1.29 is 25.2 Å². The molecule has 4 N–H and O–H groups in total. The summed E-state index contributed by atoms with van der Waals surface area (Å²) >= 11 is 1.27. The fourth-order valence-corrected chi connectivity index (χ4v) is 2.89. The molecule has 18 heavy (non-hydrogen) atoms. The average Bonchev–Trinajstić information content (AvgIpc) is 2.67. The van der Waals surface area contributed by atoms with Crippen molar-refractivity contribution in [3.63, 3.8) is 0 Å². The number of aliphatic hydroxyl groups excluding tert-OH is 4. The summed E-state index contributed by atoms with van der Waals surface area (Å²) in [4.78, 5) is 0.896. The molecule has 0 aromatic heterocycles. The number of rotatable bonds is 4. The molecule has 5 nitrogen and oxygen atoms in total. The van der Waals surface area contributed by atoms with Crippen molar-refractivity contribution in [1.29, 1.82) is 0 Å². The van der Waals surface area contributed by atoms with Gasteiger partial charge >= 0.3 is 0 Å². The van der Waals surface area contributed by atoms with E-state index in [0.29, 0.717) is 0 Å². The van der Waals surface area contributed by atoms with Crippen molar-refractivity contribution in [3.8, 4) is 0 Å². The normalized spacial score (nSPS) is 33.6. The molecule has 0 spiro atoms. The molecule has 1 aromatic carbocycles. The van der Waals surface area contributed by atoms with Crippen LogP contribution in [0.2, 0.25) is 0 Å². The fraction of sp³-hybridized carbons (Fsp3) is 0.500. The van der Waals surface area contributed by atoms with Gasteiger partial charge in [0.25, 0.3) is 0 Å². The van der Waals surface area contributed by atoms with Gasteiger partial charge in [0.1, 0.15) is 29.9 Å². The molecule has 5 atom stereocenters. The van der Waals surface area contributed by atoms with Crippen LogP contribution in [0.5, 0.6) is 0 Å². The summed E-state index contributed by atoms with van der Waals surface area (Å²) in [6.45, 7) is -0.517. The van der Waals surface area contributed by atoms with E-state index in [0.717, 1.165) is 4.90 Å². The van der Waals surface area contributed by atoms with Crippen LogP contribution >= 0.6 is 11.8 Å². The van der Waals surface area contributed by atoms with E-state index in [9.17, 15) is 15.3 Å². The first kappa shape index (κ1) is 13.8. The standard InChI is InChI=1S/C12H16O5S/c13-6-8(14)11-9(15)10(16)12(17-11)18-7-4-2-1-3-5-7/h1-5,8-16H,6H2/t8-,9-,10-,11-,12+/m0/s1. The minimum atomic E-state index is -1.20. The van der Waals surface area contributed by atoms with Crippen LogP contribution < -0.4 is 0 Å². The molecule has 1 aromatic rings. The zero-order valence-electron chi connectivity index (χ0n) is 9.59. The molecule has 0 saturated carbocycles. The van der Waals surface area contributed by atoms with Gasteiger partial charge in [-0.2, -0.15) is 0 Å². The van der Waals surface area contributed by atoms with Crippen molar-refractivity contribution >= 4 is 11.8 Å². The van der Waals surface area contributed by atoms with Crippen molar-refractivity contribution in [1.82, 2.24) is 0 Å². The topological polar surface area (TPSA) is 90.2 Å². The quantitative estimate of drug-likeness (QED) is 0.595. The lowest BCUT2D eigenvalue weighted by molar-refractivity contribution is -0.0713. The van der Waals surface area contributed by atoms with Crippen LogP contribution in [0.1, 0.15) is 0 Å². The lowest BCUT2D eigenvalue weighted by Gasteiger charge is -2.18. The molecule has 0 bridgehead atoms. The molecular formula is C12H16O5S. The Labute approximate surface area is 109 Å². The Kier molecular flexibility index (Phi) is 4.60. The molecule has 1 aliphatic heterocycles. The zero-order chi connectivity index (χ0) is 13.1. The predicted octanol–water partition coefficient (Wildman–Crippen LogP) is -0.421. The van der Waals surface area contributed by atoms with Gasteiger partial charge in [-0.25, -0.2) is 0 Å². The molecule has 0 radical (unpaired) electrons. The van der Waals surface area contributed by atoms with Crippen molar-refractivity contribution in [2.24, 2.45) is 0 Å². The molecule has 1 saturated heterocycles. The summed E-state index contributed by atoms with van der Waals surface area (Å²) in [6, 6.07) is 9.33. The second-order valence-electron chi connectivity index (χ2n) is 4.13. The van der Waals surface area contributed by atoms with Crippen LogP contribution in [0.15, 0.2) is 35.2 Å². The van der Waals surface area contributed by atoms with E-state index in [1.54, 1.807) is 0 Å². The largest absolute Gasteiger partial charge is 0.394 e. The predicted molar refractivity (Wildman–Crippen MR) is 66.1 cm³/mol. The van der Waals surface area contributed by atoms with Crippen LogP contribution in [-0.2, 0) is 4.74 Å². The molecule has 1 aliphatic rings. The number of hydrogen-bond donors (Lipinski definition) is 4. The molecule has 6 heteroatoms. The van der Waals surface area contributed by atoms with E-state index in [-0.39, 0.29) is 0 Å². The first-order valence-electron chi connectivity index (χ1n) is 5.65. The molecule has 0 aliphatic carbocycles. The molecule has 1 heterocycles. The minimum absolute atomic E-state index is 0.517. The van der Waals surface area contributed by atoms with Gasteiger partial charge in [-0.05, 0) is 12.1 Å². The lowest BCUT2D eigenvalue weighted by atomic mass is 10.1. The molecule has 1 fully saturated rings. The van der Waals surface area contributed by atoms with E-state index >= 15 is 0 Å². The van der Waals surface area contributed by atoms with E-state index in [1.807, 2.05) is 30.3 Å². The Bertz CT molecular complexity index is 374. The summed E-state index contributed by atoms with van der Waals surface area (Å²) in [5, 5.41) is 37.9. The number of aliphatic hydroxyl groups is 4. The third-order valence-electron chi connectivity index (χ3n) is 2.82. The molecule has 2 rings (SSSR count). The van der Waals surface area contributed by atoms with Gasteiger partial charge < -0.3 is 25.2 Å². The van der Waals surface area contributed by atoms with Crippen LogP contribution in [0.4, 0.5) is 0 Å². The first-order valence-corrected chi connectivity index (χ1v) is 6.53. The van der Waals surface area contributed by atoms with Gasteiger partial charge in [0.05, 0.1) is 6.61 Å². The second kappa shape index (κ2) is 6.01. The van der Waals surface area contributed by atoms with E-state index in [2.05, 4.69) is 0 Å². The van der Waals surface area contributed by atoms with Crippen molar-refractivity contribution in [3.05, 3.63) is 30.3 Å². The summed E-state index contributed by atoms with van der Waals surface area (Å²) in [7, 11) is 0. The zero-order valence-corrected chi connectivity index (χ0v) is 10.4. The average molecular weight is 272 g/mol. The number of benzene rings is 1. The van der Waals surface area contributed by atoms with Gasteiger partial charge in [-0.15, -0.1) is 0 Å². The Morgan fingerprint density at radius 2 is 1.83 bits per heavy atom. The Hall–Kier alpha value is -0.630. The van der Waals surface area contributed by atoms with Gasteiger partial charge in [-0.1, -0.05) is 30.0 Å². The Morgan fingerprint density at radius 3 is 2.44 bits per heavy atom. The maximum atomic E-state index is 9.85. The van der Waals surface area contributed by atoms with Gasteiger partial charge in [0.2, 0.25) is 0 Å². The van der Waals surface area contributed by atoms with E-state index < -0.39 is 36.5 Å². The fourth-order valence-electron chi connectivity index (χ4n) is 1.82. The van der Waals surface area contributed by atoms with Crippen molar-refractivity contribution in [2.45, 2.75) is 34.7 Å². The maximum Gasteiger partial charge on any atom is 0.136 e. The number of ether oxygens (including phenoxy) is 1. The second-order valence-corrected chi connectivity index (χ2v) is 5.30. The minimum Gasteiger partial charge on any atom is -0.394 e. The third kappa shape index (κ3) is 2.85. The number of hydrogen-bond acceptors (Lipinski definition) is 6. The SMILES string of the molecule is OC[C@H](O)[C@@H]1O[C@H](Sc2ccccc2)[C@@H](O)[C@@H]1O. The van der Waals surface area contributed by atoms with Crippen LogP contribution in [0, 0.1) is 0 Å². The summed E-state index contributed by atoms with van der Waals surface area (Å²) < 4.78 is 5.40. The highest BCUT2D eigenvalue weighted by Crippen LogP contribution is 2.35. The highest BCUT2D eigenvalue weighted by atomic mass is 32.2. The Balaban J connectivity index is 2.03. The summed E-state index contributed by atoms with van der Waals surface area (Å²) in [5.41, 5.74) is -0.659. The molecule has 0 unspecified atom stereocenters. The van der Waals surface area contributed by atoms with Gasteiger partial charge in [0, 0.05) is 4.90 Å². The first-order chi connectivity index (χ1) is 8.63. The van der Waals surface area contributed by atoms with E-state index in [4.69, 9.17) is 9.84 Å². The maximum absolute atomic E-state index is 9.85. The molecule has 0 amide bonds. The highest BCUT2D eigenvalue weighted by Gasteiger charge is 2.46. The monoisotopic (exact) mass is 272 g/mol. The van der Waals surface area contributed by atoms with Gasteiger partial charge in [-0.3, -0.25) is 0 Å². The van der Waals surface area contributed by atoms with Crippen molar-refractivity contribution in [2.75, 3.05) is 6.61 Å². The highest BCUT2D eigenvalue weighted by molar-refractivity contribution is 7.99. The Morgan fingerprint density at radius 1 is 1.17 bits per heavy atom. The molecule has 100 valence electrons. The molecular weight excluding hydrogens is 256 g/mol. The van der Waals surface area contributed by atoms with E-state index in [1.165, 1.54) is 11.8 Å². The summed E-state index contributed by atoms with van der Waals surface area (Å²) in [5.74, 6) is 0. The number of thioether (sulfide) groups is 1. The smallest absolute Gasteiger partial charge is 0.136 e. The van der Waals surface area contributed by atoms with Crippen LogP contribution in [0.25, 0.3) is 0 Å². The van der Waals surface area contributed by atoms with Crippen LogP contribution in [0.3, 0.4) is 0 Å². The van der Waals surface area contributed by atoms with Crippen LogP contribution in [-0.4, -0.2) is 56.9 Å². The third-order valence-corrected chi connectivity index (χ3v) is 3.98. The summed E-state index contributed by atoms with van der Waals surface area (Å²) in [6.07, 6.45) is -4.46.